The molecule has 0 saturated heterocycles. The molecule has 16 heavy (non-hydrogen) atoms. The predicted octanol–water partition coefficient (Wildman–Crippen LogP) is 1.40. The maximum Gasteiger partial charge on any atom is 0.143 e. The van der Waals surface area contributed by atoms with Gasteiger partial charge >= 0.3 is 0 Å². The summed E-state index contributed by atoms with van der Waals surface area (Å²) in [5, 5.41) is 13.8. The quantitative estimate of drug-likeness (QED) is 0.753. The van der Waals surface area contributed by atoms with Crippen LogP contribution >= 0.6 is 0 Å². The van der Waals surface area contributed by atoms with Crippen molar-refractivity contribution in [2.45, 2.75) is 33.4 Å². The molecule has 0 aliphatic carbocycles. The van der Waals surface area contributed by atoms with E-state index >= 15 is 0 Å². The van der Waals surface area contributed by atoms with E-state index in [2.05, 4.69) is 37.0 Å². The van der Waals surface area contributed by atoms with E-state index in [1.807, 2.05) is 4.68 Å². The Kier molecular flexibility index (Phi) is 2.97. The molecule has 0 radical (unpaired) electrons. The predicted molar refractivity (Wildman–Crippen MR) is 61.8 cm³/mol. The number of rotatable bonds is 2. The molecular formula is C12H18N4. The van der Waals surface area contributed by atoms with Gasteiger partial charge in [-0.2, -0.15) is 10.4 Å². The number of hydrogen-bond acceptors (Lipinski definition) is 3. The summed E-state index contributed by atoms with van der Waals surface area (Å²) in [7, 11) is 2.09. The fourth-order valence-corrected chi connectivity index (χ4v) is 2.16. The summed E-state index contributed by atoms with van der Waals surface area (Å²) in [6, 6.07) is 2.30. The van der Waals surface area contributed by atoms with Crippen LogP contribution in [0.15, 0.2) is 0 Å². The van der Waals surface area contributed by atoms with Crippen molar-refractivity contribution < 1.29 is 0 Å². The second-order valence-electron chi connectivity index (χ2n) is 4.95. The van der Waals surface area contributed by atoms with Crippen LogP contribution in [-0.4, -0.2) is 28.3 Å². The highest BCUT2D eigenvalue weighted by Crippen LogP contribution is 2.21. The molecule has 0 unspecified atom stereocenters. The Morgan fingerprint density at radius 2 is 2.25 bits per heavy atom. The van der Waals surface area contributed by atoms with Crippen molar-refractivity contribution in [3.8, 4) is 6.07 Å². The molecule has 1 aromatic heterocycles. The van der Waals surface area contributed by atoms with Crippen molar-refractivity contribution in [1.82, 2.24) is 14.7 Å². The number of nitrogens with zero attached hydrogens (tertiary/aromatic N) is 4. The Balaban J connectivity index is 2.38. The lowest BCUT2D eigenvalue weighted by molar-refractivity contribution is 0.311. The Hall–Kier alpha value is -1.34. The molecule has 0 fully saturated rings. The molecule has 86 valence electrons. The van der Waals surface area contributed by atoms with E-state index in [1.165, 1.54) is 0 Å². The van der Waals surface area contributed by atoms with Crippen LogP contribution in [0.4, 0.5) is 0 Å². The normalized spacial score (nSPS) is 16.2. The maximum atomic E-state index is 9.23. The van der Waals surface area contributed by atoms with Gasteiger partial charge in [0.25, 0.3) is 0 Å². The second-order valence-corrected chi connectivity index (χ2v) is 4.95. The van der Waals surface area contributed by atoms with Crippen molar-refractivity contribution in [2.24, 2.45) is 5.92 Å². The monoisotopic (exact) mass is 218 g/mol. The molecule has 0 amide bonds. The molecule has 1 aliphatic rings. The summed E-state index contributed by atoms with van der Waals surface area (Å²) in [5.74, 6) is 0.520. The van der Waals surface area contributed by atoms with Gasteiger partial charge in [0.05, 0.1) is 5.69 Å². The fourth-order valence-electron chi connectivity index (χ4n) is 2.16. The first-order valence-electron chi connectivity index (χ1n) is 5.79. The van der Waals surface area contributed by atoms with E-state index in [0.717, 1.165) is 43.0 Å². The Morgan fingerprint density at radius 1 is 1.50 bits per heavy atom. The van der Waals surface area contributed by atoms with E-state index < -0.39 is 0 Å². The van der Waals surface area contributed by atoms with Crippen molar-refractivity contribution in [1.29, 1.82) is 5.26 Å². The minimum Gasteiger partial charge on any atom is -0.302 e. The van der Waals surface area contributed by atoms with E-state index in [0.29, 0.717) is 5.92 Å². The van der Waals surface area contributed by atoms with Gasteiger partial charge in [0.2, 0.25) is 0 Å². The first-order chi connectivity index (χ1) is 7.61. The molecule has 1 aliphatic heterocycles. The Bertz CT molecular complexity index is 425. The van der Waals surface area contributed by atoms with Gasteiger partial charge in [0, 0.05) is 31.6 Å². The molecule has 4 nitrogen and oxygen atoms in total. The Morgan fingerprint density at radius 3 is 2.88 bits per heavy atom. The number of nitriles is 1. The highest BCUT2D eigenvalue weighted by Gasteiger charge is 2.22. The molecule has 2 heterocycles. The average Bonchev–Trinajstić information content (AvgIpc) is 2.53. The molecule has 0 spiro atoms. The summed E-state index contributed by atoms with van der Waals surface area (Å²) in [6.45, 7) is 7.02. The number of fused-ring (bicyclic) bond motifs is 1. The van der Waals surface area contributed by atoms with Gasteiger partial charge in [0.15, 0.2) is 0 Å². The van der Waals surface area contributed by atoms with Crippen LogP contribution in [-0.2, 0) is 19.5 Å². The standard InChI is InChI=1S/C12H18N4/c1-9(2)7-16-12(6-13)10-8-15(3)5-4-11(10)14-16/h9H,4-5,7-8H2,1-3H3. The van der Waals surface area contributed by atoms with Crippen LogP contribution in [0.2, 0.25) is 0 Å². The largest absolute Gasteiger partial charge is 0.302 e. The lowest BCUT2D eigenvalue weighted by atomic mass is 10.1. The molecule has 4 heteroatoms. The third-order valence-corrected chi connectivity index (χ3v) is 2.94. The molecule has 2 rings (SSSR count). The van der Waals surface area contributed by atoms with Crippen LogP contribution in [0.5, 0.6) is 0 Å². The average molecular weight is 218 g/mol. The highest BCUT2D eigenvalue weighted by molar-refractivity contribution is 5.37. The molecule has 0 bridgehead atoms. The van der Waals surface area contributed by atoms with Crippen molar-refractivity contribution in [3.05, 3.63) is 17.0 Å². The van der Waals surface area contributed by atoms with Crippen LogP contribution in [0.25, 0.3) is 0 Å². The third kappa shape index (κ3) is 1.96. The van der Waals surface area contributed by atoms with E-state index in [9.17, 15) is 5.26 Å². The number of likely N-dealkylation sites (N-methyl/N-ethyl adjacent to an activating group) is 1. The Labute approximate surface area is 96.5 Å². The smallest absolute Gasteiger partial charge is 0.143 e. The highest BCUT2D eigenvalue weighted by atomic mass is 15.3. The van der Waals surface area contributed by atoms with Crippen molar-refractivity contribution in [2.75, 3.05) is 13.6 Å². The van der Waals surface area contributed by atoms with Gasteiger partial charge in [-0.1, -0.05) is 13.8 Å². The topological polar surface area (TPSA) is 44.9 Å². The number of aromatic nitrogens is 2. The molecule has 1 aromatic rings. The zero-order valence-electron chi connectivity index (χ0n) is 10.2. The van der Waals surface area contributed by atoms with Crippen LogP contribution in [0.1, 0.15) is 30.8 Å². The first kappa shape index (κ1) is 11.2. The van der Waals surface area contributed by atoms with E-state index in [-0.39, 0.29) is 0 Å². The molecule has 0 atom stereocenters. The minimum absolute atomic E-state index is 0.520. The van der Waals surface area contributed by atoms with E-state index in [1.54, 1.807) is 0 Å². The number of hydrogen-bond donors (Lipinski definition) is 0. The first-order valence-corrected chi connectivity index (χ1v) is 5.79. The summed E-state index contributed by atoms with van der Waals surface area (Å²) < 4.78 is 1.88. The van der Waals surface area contributed by atoms with Gasteiger partial charge in [-0.05, 0) is 13.0 Å². The summed E-state index contributed by atoms with van der Waals surface area (Å²) in [5.41, 5.74) is 3.02. The third-order valence-electron chi connectivity index (χ3n) is 2.94. The molecule has 0 N–H and O–H groups in total. The molecule has 0 aromatic carbocycles. The maximum absolute atomic E-state index is 9.23. The fraction of sp³-hybridized carbons (Fsp3) is 0.667. The summed E-state index contributed by atoms with van der Waals surface area (Å²) in [4.78, 5) is 2.24. The minimum atomic E-state index is 0.520. The van der Waals surface area contributed by atoms with Crippen LogP contribution < -0.4 is 0 Å². The second kappa shape index (κ2) is 4.26. The van der Waals surface area contributed by atoms with Gasteiger partial charge in [-0.15, -0.1) is 0 Å². The van der Waals surface area contributed by atoms with Crippen molar-refractivity contribution >= 4 is 0 Å². The van der Waals surface area contributed by atoms with Gasteiger partial charge < -0.3 is 4.90 Å². The molecule has 0 saturated carbocycles. The van der Waals surface area contributed by atoms with E-state index in [4.69, 9.17) is 0 Å². The zero-order valence-corrected chi connectivity index (χ0v) is 10.2. The van der Waals surface area contributed by atoms with Gasteiger partial charge in [0.1, 0.15) is 11.8 Å². The lowest BCUT2D eigenvalue weighted by Crippen LogP contribution is -2.26. The van der Waals surface area contributed by atoms with Crippen LogP contribution in [0, 0.1) is 17.2 Å². The van der Waals surface area contributed by atoms with Crippen molar-refractivity contribution in [3.63, 3.8) is 0 Å². The van der Waals surface area contributed by atoms with Crippen LogP contribution in [0.3, 0.4) is 0 Å². The summed E-state index contributed by atoms with van der Waals surface area (Å²) >= 11 is 0. The zero-order chi connectivity index (χ0) is 11.7. The van der Waals surface area contributed by atoms with Gasteiger partial charge in [-0.25, -0.2) is 0 Å². The molecular weight excluding hydrogens is 200 g/mol. The van der Waals surface area contributed by atoms with Gasteiger partial charge in [-0.3, -0.25) is 4.68 Å². The summed E-state index contributed by atoms with van der Waals surface area (Å²) in [6.07, 6.45) is 0.964. The lowest BCUT2D eigenvalue weighted by Gasteiger charge is -2.20. The SMILES string of the molecule is CC(C)Cn1nc2c(c1C#N)CN(C)CC2.